The highest BCUT2D eigenvalue weighted by Gasteiger charge is 2.19. The molecule has 0 radical (unpaired) electrons. The molecule has 0 bridgehead atoms. The van der Waals surface area contributed by atoms with Crippen molar-refractivity contribution < 1.29 is 9.53 Å². The average Bonchev–Trinajstić information content (AvgIpc) is 3.15. The van der Waals surface area contributed by atoms with Crippen molar-refractivity contribution in [3.63, 3.8) is 0 Å². The van der Waals surface area contributed by atoms with Crippen molar-refractivity contribution in [2.24, 2.45) is 0 Å². The largest absolute Gasteiger partial charge is 0.455 e. The fourth-order valence-corrected chi connectivity index (χ4v) is 4.17. The normalized spacial score (nSPS) is 13.2. The Morgan fingerprint density at radius 3 is 3.08 bits per heavy atom. The Labute approximate surface area is 142 Å². The van der Waals surface area contributed by atoms with Crippen LogP contribution in [0.5, 0.6) is 0 Å². The number of hydrogen-bond acceptors (Lipinski definition) is 5. The molecule has 0 spiro atoms. The molecule has 0 amide bonds. The number of ether oxygens (including phenoxy) is 1. The Kier molecular flexibility index (Phi) is 3.69. The van der Waals surface area contributed by atoms with E-state index in [1.54, 1.807) is 12.3 Å². The van der Waals surface area contributed by atoms with Gasteiger partial charge >= 0.3 is 5.97 Å². The van der Waals surface area contributed by atoms with E-state index in [4.69, 9.17) is 4.74 Å². The van der Waals surface area contributed by atoms with Crippen LogP contribution in [-0.4, -0.2) is 15.4 Å². The summed E-state index contributed by atoms with van der Waals surface area (Å²) in [5, 5.41) is 0. The van der Waals surface area contributed by atoms with E-state index in [1.807, 2.05) is 19.1 Å². The van der Waals surface area contributed by atoms with Gasteiger partial charge in [0.15, 0.2) is 0 Å². The molecular formula is C18H16N2O3S. The van der Waals surface area contributed by atoms with Crippen LogP contribution in [0.1, 0.15) is 37.8 Å². The molecule has 1 aliphatic carbocycles. The SMILES string of the molecule is Cc1cccn2c(=O)cc(COC(=O)c3cc4c(s3)CCC4)nc12. The average molecular weight is 340 g/mol. The first-order valence-electron chi connectivity index (χ1n) is 7.88. The maximum atomic E-state index is 12.2. The molecule has 3 aromatic rings. The third-order valence-electron chi connectivity index (χ3n) is 4.24. The first kappa shape index (κ1) is 15.1. The minimum Gasteiger partial charge on any atom is -0.455 e. The predicted octanol–water partition coefficient (Wildman–Crippen LogP) is 2.91. The third kappa shape index (κ3) is 2.63. The fourth-order valence-electron chi connectivity index (χ4n) is 3.02. The van der Waals surface area contributed by atoms with Gasteiger partial charge in [0.05, 0.1) is 5.69 Å². The second kappa shape index (κ2) is 5.87. The fraction of sp³-hybridized carbons (Fsp3) is 0.278. The lowest BCUT2D eigenvalue weighted by Crippen LogP contribution is -2.17. The van der Waals surface area contributed by atoms with Crippen LogP contribution in [-0.2, 0) is 24.2 Å². The summed E-state index contributed by atoms with van der Waals surface area (Å²) in [6.07, 6.45) is 4.94. The summed E-state index contributed by atoms with van der Waals surface area (Å²) in [7, 11) is 0. The molecule has 24 heavy (non-hydrogen) atoms. The third-order valence-corrected chi connectivity index (χ3v) is 5.46. The first-order chi connectivity index (χ1) is 11.6. The summed E-state index contributed by atoms with van der Waals surface area (Å²) in [5.41, 5.74) is 3.05. The Balaban J connectivity index is 1.55. The first-order valence-corrected chi connectivity index (χ1v) is 8.70. The van der Waals surface area contributed by atoms with Gasteiger partial charge in [0.1, 0.15) is 17.1 Å². The highest BCUT2D eigenvalue weighted by atomic mass is 32.1. The van der Waals surface area contributed by atoms with Crippen molar-refractivity contribution in [2.75, 3.05) is 0 Å². The zero-order valence-electron chi connectivity index (χ0n) is 13.2. The van der Waals surface area contributed by atoms with E-state index in [0.29, 0.717) is 16.2 Å². The molecule has 0 aromatic carbocycles. The summed E-state index contributed by atoms with van der Waals surface area (Å²) >= 11 is 1.51. The lowest BCUT2D eigenvalue weighted by atomic mass is 10.2. The van der Waals surface area contributed by atoms with E-state index < -0.39 is 0 Å². The van der Waals surface area contributed by atoms with Crippen LogP contribution in [0.25, 0.3) is 5.65 Å². The highest BCUT2D eigenvalue weighted by molar-refractivity contribution is 7.14. The van der Waals surface area contributed by atoms with Gasteiger partial charge < -0.3 is 4.74 Å². The van der Waals surface area contributed by atoms with E-state index in [1.165, 1.54) is 38.7 Å². The van der Waals surface area contributed by atoms with Crippen molar-refractivity contribution in [1.29, 1.82) is 0 Å². The number of fused-ring (bicyclic) bond motifs is 2. The van der Waals surface area contributed by atoms with Gasteiger partial charge in [-0.25, -0.2) is 9.78 Å². The number of pyridine rings is 1. The lowest BCUT2D eigenvalue weighted by molar-refractivity contribution is 0.0473. The molecule has 3 heterocycles. The molecular weight excluding hydrogens is 324 g/mol. The summed E-state index contributed by atoms with van der Waals surface area (Å²) in [5.74, 6) is -0.346. The molecule has 0 fully saturated rings. The number of nitrogens with zero attached hydrogens (tertiary/aromatic N) is 2. The summed E-state index contributed by atoms with van der Waals surface area (Å²) in [6, 6.07) is 7.04. The molecule has 0 saturated heterocycles. The molecule has 122 valence electrons. The van der Waals surface area contributed by atoms with Gasteiger partial charge in [-0.3, -0.25) is 9.20 Å². The quantitative estimate of drug-likeness (QED) is 0.688. The molecule has 5 nitrogen and oxygen atoms in total. The van der Waals surface area contributed by atoms with Gasteiger partial charge in [0, 0.05) is 17.1 Å². The number of aromatic nitrogens is 2. The zero-order chi connectivity index (χ0) is 16.7. The molecule has 0 saturated carbocycles. The predicted molar refractivity (Wildman–Crippen MR) is 91.7 cm³/mol. The molecule has 3 aromatic heterocycles. The van der Waals surface area contributed by atoms with E-state index in [2.05, 4.69) is 4.98 Å². The molecule has 0 atom stereocenters. The van der Waals surface area contributed by atoms with Gasteiger partial charge in [-0.05, 0) is 49.4 Å². The number of esters is 1. The van der Waals surface area contributed by atoms with Crippen molar-refractivity contribution in [3.8, 4) is 0 Å². The standard InChI is InChI=1S/C18H16N2O3S/c1-11-4-3-7-20-16(21)9-13(19-17(11)20)10-23-18(22)15-8-12-5-2-6-14(12)24-15/h3-4,7-9H,2,5-6,10H2,1H3. The summed E-state index contributed by atoms with van der Waals surface area (Å²) in [6.45, 7) is 1.90. The number of carbonyl (C=O) groups is 1. The van der Waals surface area contributed by atoms with Gasteiger partial charge in [-0.1, -0.05) is 6.07 Å². The zero-order valence-corrected chi connectivity index (χ0v) is 14.1. The number of rotatable bonds is 3. The van der Waals surface area contributed by atoms with E-state index in [9.17, 15) is 9.59 Å². The Hall–Kier alpha value is -2.47. The smallest absolute Gasteiger partial charge is 0.348 e. The van der Waals surface area contributed by atoms with Gasteiger partial charge in [-0.2, -0.15) is 0 Å². The number of hydrogen-bond donors (Lipinski definition) is 0. The van der Waals surface area contributed by atoms with Crippen LogP contribution in [0.2, 0.25) is 0 Å². The summed E-state index contributed by atoms with van der Waals surface area (Å²) < 4.78 is 6.85. The second-order valence-corrected chi connectivity index (χ2v) is 7.10. The van der Waals surface area contributed by atoms with Crippen molar-refractivity contribution >= 4 is 23.0 Å². The second-order valence-electron chi connectivity index (χ2n) is 5.96. The van der Waals surface area contributed by atoms with Crippen molar-refractivity contribution in [3.05, 3.63) is 67.4 Å². The Morgan fingerprint density at radius 2 is 2.25 bits per heavy atom. The maximum Gasteiger partial charge on any atom is 0.348 e. The number of thiophene rings is 1. The van der Waals surface area contributed by atoms with E-state index in [0.717, 1.165) is 18.4 Å². The highest BCUT2D eigenvalue weighted by Crippen LogP contribution is 2.31. The minimum absolute atomic E-state index is 0.00146. The van der Waals surface area contributed by atoms with Crippen LogP contribution in [0.3, 0.4) is 0 Å². The van der Waals surface area contributed by atoms with E-state index in [-0.39, 0.29) is 18.1 Å². The Bertz CT molecular complexity index is 982. The minimum atomic E-state index is -0.346. The van der Waals surface area contributed by atoms with Crippen LogP contribution in [0, 0.1) is 6.92 Å². The monoisotopic (exact) mass is 340 g/mol. The number of aryl methyl sites for hydroxylation is 3. The van der Waals surface area contributed by atoms with Crippen molar-refractivity contribution in [1.82, 2.24) is 9.38 Å². The number of carbonyl (C=O) groups excluding carboxylic acids is 1. The van der Waals surface area contributed by atoms with Gasteiger partial charge in [-0.15, -0.1) is 11.3 Å². The van der Waals surface area contributed by atoms with Gasteiger partial charge in [0.25, 0.3) is 5.56 Å². The molecule has 0 unspecified atom stereocenters. The summed E-state index contributed by atoms with van der Waals surface area (Å²) in [4.78, 5) is 30.7. The lowest BCUT2D eigenvalue weighted by Gasteiger charge is -2.06. The molecule has 0 aliphatic heterocycles. The maximum absolute atomic E-state index is 12.2. The topological polar surface area (TPSA) is 60.7 Å². The van der Waals surface area contributed by atoms with Crippen molar-refractivity contribution in [2.45, 2.75) is 32.8 Å². The van der Waals surface area contributed by atoms with Crippen LogP contribution in [0.4, 0.5) is 0 Å². The van der Waals surface area contributed by atoms with Crippen LogP contribution < -0.4 is 5.56 Å². The van der Waals surface area contributed by atoms with Gasteiger partial charge in [0.2, 0.25) is 0 Å². The van der Waals surface area contributed by atoms with Crippen LogP contribution >= 0.6 is 11.3 Å². The van der Waals surface area contributed by atoms with Crippen LogP contribution in [0.15, 0.2) is 35.3 Å². The Morgan fingerprint density at radius 1 is 1.38 bits per heavy atom. The molecule has 4 rings (SSSR count). The molecule has 6 heteroatoms. The molecule has 0 N–H and O–H groups in total. The molecule has 1 aliphatic rings. The van der Waals surface area contributed by atoms with E-state index >= 15 is 0 Å².